The molecule has 0 saturated carbocycles. The molecule has 0 saturated heterocycles. The van der Waals surface area contributed by atoms with E-state index in [0.717, 1.165) is 18.2 Å². The molecule has 0 spiro atoms. The number of ether oxygens (including phenoxy) is 1. The second-order valence-corrected chi connectivity index (χ2v) is 6.05. The summed E-state index contributed by atoms with van der Waals surface area (Å²) in [6.07, 6.45) is 3.74. The normalized spacial score (nSPS) is 27.9. The second kappa shape index (κ2) is 5.20. The van der Waals surface area contributed by atoms with Crippen molar-refractivity contribution in [2.24, 2.45) is 16.8 Å². The van der Waals surface area contributed by atoms with Crippen molar-refractivity contribution in [3.8, 4) is 0 Å². The van der Waals surface area contributed by atoms with Crippen LogP contribution in [0.5, 0.6) is 0 Å². The lowest BCUT2D eigenvalue weighted by atomic mass is 9.92. The fourth-order valence-electron chi connectivity index (χ4n) is 2.42. The van der Waals surface area contributed by atoms with E-state index in [1.807, 2.05) is 0 Å². The first-order chi connectivity index (χ1) is 7.34. The summed E-state index contributed by atoms with van der Waals surface area (Å²) >= 11 is 0. The van der Waals surface area contributed by atoms with Crippen molar-refractivity contribution in [2.75, 3.05) is 0 Å². The Bertz CT molecular complexity index is 257. The molecule has 0 radical (unpaired) electrons. The first kappa shape index (κ1) is 13.5. The van der Waals surface area contributed by atoms with E-state index < -0.39 is 0 Å². The van der Waals surface area contributed by atoms with Crippen LogP contribution in [0.4, 0.5) is 0 Å². The van der Waals surface area contributed by atoms with Crippen molar-refractivity contribution >= 4 is 5.90 Å². The van der Waals surface area contributed by atoms with Crippen molar-refractivity contribution in [3.05, 3.63) is 0 Å². The molecular formula is C14H27NO. The molecule has 94 valence electrons. The van der Waals surface area contributed by atoms with Crippen molar-refractivity contribution in [2.45, 2.75) is 72.4 Å². The fourth-order valence-corrected chi connectivity index (χ4v) is 2.42. The largest absolute Gasteiger partial charge is 0.478 e. The van der Waals surface area contributed by atoms with Gasteiger partial charge in [0.25, 0.3) is 0 Å². The molecule has 0 aromatic heterocycles. The van der Waals surface area contributed by atoms with Gasteiger partial charge in [-0.3, -0.25) is 0 Å². The van der Waals surface area contributed by atoms with Gasteiger partial charge in [0, 0.05) is 12.3 Å². The van der Waals surface area contributed by atoms with Gasteiger partial charge >= 0.3 is 0 Å². The van der Waals surface area contributed by atoms with Crippen LogP contribution in [-0.2, 0) is 4.74 Å². The van der Waals surface area contributed by atoms with Gasteiger partial charge in [-0.15, -0.1) is 0 Å². The predicted octanol–water partition coefficient (Wildman–Crippen LogP) is 4.04. The molecular weight excluding hydrogens is 198 g/mol. The van der Waals surface area contributed by atoms with Gasteiger partial charge in [-0.2, -0.15) is 0 Å². The zero-order chi connectivity index (χ0) is 12.3. The second-order valence-electron chi connectivity index (χ2n) is 6.05. The Hall–Kier alpha value is -0.530. The van der Waals surface area contributed by atoms with Crippen LogP contribution in [0.2, 0.25) is 0 Å². The average Bonchev–Trinajstić information content (AvgIpc) is 2.14. The summed E-state index contributed by atoms with van der Waals surface area (Å²) in [7, 11) is 0. The Balaban J connectivity index is 2.68. The average molecular weight is 225 g/mol. The summed E-state index contributed by atoms with van der Waals surface area (Å²) in [5, 5.41) is 0. The molecule has 0 bridgehead atoms. The number of hydrogen-bond acceptors (Lipinski definition) is 2. The van der Waals surface area contributed by atoms with Crippen molar-refractivity contribution in [1.29, 1.82) is 0 Å². The highest BCUT2D eigenvalue weighted by molar-refractivity contribution is 5.79. The molecule has 0 N–H and O–H groups in total. The maximum Gasteiger partial charge on any atom is 0.186 e. The van der Waals surface area contributed by atoms with Crippen LogP contribution in [0.25, 0.3) is 0 Å². The van der Waals surface area contributed by atoms with Gasteiger partial charge in [-0.25, -0.2) is 4.99 Å². The molecule has 1 heterocycles. The molecule has 16 heavy (non-hydrogen) atoms. The van der Waals surface area contributed by atoms with Gasteiger partial charge in [-0.1, -0.05) is 27.2 Å². The van der Waals surface area contributed by atoms with Crippen LogP contribution in [0.1, 0.15) is 60.8 Å². The summed E-state index contributed by atoms with van der Waals surface area (Å²) in [6, 6.07) is 0. The lowest BCUT2D eigenvalue weighted by Gasteiger charge is -2.34. The molecule has 0 fully saturated rings. The minimum Gasteiger partial charge on any atom is -0.478 e. The SMILES string of the molecule is CCC(C)CC(C)C1=NC(C)(C)CC(C)O1. The lowest BCUT2D eigenvalue weighted by molar-refractivity contribution is 0.130. The zero-order valence-corrected chi connectivity index (χ0v) is 11.7. The van der Waals surface area contributed by atoms with E-state index in [0.29, 0.717) is 12.0 Å². The van der Waals surface area contributed by atoms with Gasteiger partial charge in [0.2, 0.25) is 0 Å². The quantitative estimate of drug-likeness (QED) is 0.707. The highest BCUT2D eigenvalue weighted by Gasteiger charge is 2.30. The van der Waals surface area contributed by atoms with Crippen LogP contribution in [-0.4, -0.2) is 17.5 Å². The third-order valence-electron chi connectivity index (χ3n) is 3.40. The summed E-state index contributed by atoms with van der Waals surface area (Å²) in [6.45, 7) is 13.3. The first-order valence-corrected chi connectivity index (χ1v) is 6.60. The Morgan fingerprint density at radius 3 is 2.56 bits per heavy atom. The molecule has 3 atom stereocenters. The van der Waals surface area contributed by atoms with E-state index in [1.165, 1.54) is 12.8 Å². The topological polar surface area (TPSA) is 21.6 Å². The van der Waals surface area contributed by atoms with E-state index in [9.17, 15) is 0 Å². The van der Waals surface area contributed by atoms with E-state index in [-0.39, 0.29) is 5.54 Å². The van der Waals surface area contributed by atoms with Crippen molar-refractivity contribution < 1.29 is 4.74 Å². The van der Waals surface area contributed by atoms with Gasteiger partial charge in [-0.05, 0) is 33.1 Å². The number of rotatable bonds is 4. The predicted molar refractivity (Wildman–Crippen MR) is 69.9 cm³/mol. The van der Waals surface area contributed by atoms with E-state index in [2.05, 4.69) is 41.5 Å². The molecule has 2 heteroatoms. The lowest BCUT2D eigenvalue weighted by Crippen LogP contribution is -2.36. The molecule has 2 nitrogen and oxygen atoms in total. The van der Waals surface area contributed by atoms with Crippen molar-refractivity contribution in [1.82, 2.24) is 0 Å². The maximum atomic E-state index is 5.88. The van der Waals surface area contributed by atoms with Gasteiger partial charge in [0.05, 0.1) is 11.6 Å². The Kier molecular flexibility index (Phi) is 4.40. The molecule has 0 amide bonds. The highest BCUT2D eigenvalue weighted by Crippen LogP contribution is 2.28. The summed E-state index contributed by atoms with van der Waals surface area (Å²) in [4.78, 5) is 4.75. The molecule has 0 aromatic rings. The molecule has 0 aliphatic carbocycles. The maximum absolute atomic E-state index is 5.88. The van der Waals surface area contributed by atoms with Crippen molar-refractivity contribution in [3.63, 3.8) is 0 Å². The Morgan fingerprint density at radius 2 is 2.06 bits per heavy atom. The molecule has 0 aromatic carbocycles. The van der Waals surface area contributed by atoms with Gasteiger partial charge in [0.15, 0.2) is 5.90 Å². The third kappa shape index (κ3) is 3.80. The van der Waals surface area contributed by atoms with E-state index >= 15 is 0 Å². The van der Waals surface area contributed by atoms with Crippen LogP contribution >= 0.6 is 0 Å². The fraction of sp³-hybridized carbons (Fsp3) is 0.929. The van der Waals surface area contributed by atoms with Gasteiger partial charge in [0.1, 0.15) is 0 Å². The first-order valence-electron chi connectivity index (χ1n) is 6.60. The van der Waals surface area contributed by atoms with Gasteiger partial charge < -0.3 is 4.74 Å². The zero-order valence-electron chi connectivity index (χ0n) is 11.7. The molecule has 1 aliphatic heterocycles. The van der Waals surface area contributed by atoms with Crippen LogP contribution in [0.3, 0.4) is 0 Å². The van der Waals surface area contributed by atoms with Crippen LogP contribution < -0.4 is 0 Å². The standard InChI is InChI=1S/C14H27NO/c1-7-10(2)8-11(3)13-15-14(5,6)9-12(4)16-13/h10-12H,7-9H2,1-6H3. The highest BCUT2D eigenvalue weighted by atomic mass is 16.5. The molecule has 3 unspecified atom stereocenters. The summed E-state index contributed by atoms with van der Waals surface area (Å²) in [5.74, 6) is 2.18. The van der Waals surface area contributed by atoms with Crippen LogP contribution in [0, 0.1) is 11.8 Å². The number of nitrogens with zero attached hydrogens (tertiary/aromatic N) is 1. The molecule has 1 rings (SSSR count). The summed E-state index contributed by atoms with van der Waals surface area (Å²) < 4.78 is 5.88. The minimum atomic E-state index is 0.0523. The van der Waals surface area contributed by atoms with E-state index in [1.54, 1.807) is 0 Å². The summed E-state index contributed by atoms with van der Waals surface area (Å²) in [5.41, 5.74) is 0.0523. The van der Waals surface area contributed by atoms with E-state index in [4.69, 9.17) is 9.73 Å². The number of hydrogen-bond donors (Lipinski definition) is 0. The number of aliphatic imine (C=N–C) groups is 1. The monoisotopic (exact) mass is 225 g/mol. The third-order valence-corrected chi connectivity index (χ3v) is 3.40. The smallest absolute Gasteiger partial charge is 0.186 e. The van der Waals surface area contributed by atoms with Crippen LogP contribution in [0.15, 0.2) is 4.99 Å². The Morgan fingerprint density at radius 1 is 1.44 bits per heavy atom. The molecule has 1 aliphatic rings. The Labute approximate surface area is 100 Å². The minimum absolute atomic E-state index is 0.0523.